The number of carboxylic acid groups (broad SMARTS) is 1. The molecule has 0 radical (unpaired) electrons. The van der Waals surface area contributed by atoms with Gasteiger partial charge >= 0.3 is 5.97 Å². The van der Waals surface area contributed by atoms with Crippen LogP contribution in [0.2, 0.25) is 0 Å². The molecule has 0 heterocycles. The Morgan fingerprint density at radius 1 is 1.33 bits per heavy atom. The molecule has 0 unspecified atom stereocenters. The lowest BCUT2D eigenvalue weighted by molar-refractivity contribution is -0.139. The van der Waals surface area contributed by atoms with Crippen molar-refractivity contribution in [3.05, 3.63) is 34.9 Å². The van der Waals surface area contributed by atoms with Gasteiger partial charge in [0.1, 0.15) is 6.04 Å². The predicted molar refractivity (Wildman–Crippen MR) is 66.5 cm³/mol. The summed E-state index contributed by atoms with van der Waals surface area (Å²) in [6.45, 7) is 3.42. The number of aliphatic hydroxyl groups is 1. The number of aliphatic carboxylic acids is 1. The van der Waals surface area contributed by atoms with Gasteiger partial charge in [0.2, 0.25) is 0 Å². The first kappa shape index (κ1) is 14.2. The van der Waals surface area contributed by atoms with E-state index in [0.29, 0.717) is 5.56 Å². The lowest BCUT2D eigenvalue weighted by atomic mass is 10.0. The van der Waals surface area contributed by atoms with Crippen molar-refractivity contribution in [1.82, 2.24) is 5.32 Å². The molecule has 5 heteroatoms. The quantitative estimate of drug-likeness (QED) is 0.724. The fourth-order valence-electron chi connectivity index (χ4n) is 1.69. The average molecular weight is 251 g/mol. The number of hydrogen-bond acceptors (Lipinski definition) is 3. The van der Waals surface area contributed by atoms with Crippen molar-refractivity contribution < 1.29 is 19.8 Å². The second-order valence-electron chi connectivity index (χ2n) is 4.19. The second-order valence-corrected chi connectivity index (χ2v) is 4.19. The van der Waals surface area contributed by atoms with Crippen LogP contribution >= 0.6 is 0 Å². The van der Waals surface area contributed by atoms with Crippen LogP contribution in [0.1, 0.15) is 27.9 Å². The second kappa shape index (κ2) is 6.16. The van der Waals surface area contributed by atoms with E-state index in [9.17, 15) is 9.59 Å². The van der Waals surface area contributed by atoms with E-state index in [4.69, 9.17) is 10.2 Å². The third-order valence-electron chi connectivity index (χ3n) is 2.65. The maximum Gasteiger partial charge on any atom is 0.326 e. The third-order valence-corrected chi connectivity index (χ3v) is 2.65. The van der Waals surface area contributed by atoms with Crippen molar-refractivity contribution in [2.45, 2.75) is 26.3 Å². The van der Waals surface area contributed by atoms with Crippen LogP contribution < -0.4 is 5.32 Å². The molecule has 0 spiro atoms. The van der Waals surface area contributed by atoms with Crippen molar-refractivity contribution >= 4 is 11.9 Å². The smallest absolute Gasteiger partial charge is 0.326 e. The first-order valence-electron chi connectivity index (χ1n) is 5.67. The lowest BCUT2D eigenvalue weighted by Gasteiger charge is -2.14. The van der Waals surface area contributed by atoms with Gasteiger partial charge in [0.25, 0.3) is 5.91 Å². The molecular weight excluding hydrogens is 234 g/mol. The van der Waals surface area contributed by atoms with Gasteiger partial charge < -0.3 is 15.5 Å². The number of aliphatic hydroxyl groups excluding tert-OH is 1. The molecule has 0 aliphatic rings. The molecule has 1 amide bonds. The van der Waals surface area contributed by atoms with Crippen LogP contribution in [0.5, 0.6) is 0 Å². The summed E-state index contributed by atoms with van der Waals surface area (Å²) in [6.07, 6.45) is -0.00795. The Hall–Kier alpha value is -1.88. The van der Waals surface area contributed by atoms with Gasteiger partial charge in [-0.2, -0.15) is 0 Å². The molecular formula is C13H17NO4. The minimum absolute atomic E-state index is 0.00795. The van der Waals surface area contributed by atoms with Crippen molar-refractivity contribution in [3.8, 4) is 0 Å². The molecule has 5 nitrogen and oxygen atoms in total. The van der Waals surface area contributed by atoms with Crippen molar-refractivity contribution in [3.63, 3.8) is 0 Å². The van der Waals surface area contributed by atoms with E-state index >= 15 is 0 Å². The van der Waals surface area contributed by atoms with Crippen LogP contribution in [0.15, 0.2) is 18.2 Å². The number of rotatable bonds is 5. The summed E-state index contributed by atoms with van der Waals surface area (Å²) in [5.41, 5.74) is 2.28. The molecule has 1 aromatic rings. The largest absolute Gasteiger partial charge is 0.480 e. The molecule has 0 bridgehead atoms. The van der Waals surface area contributed by atoms with E-state index in [2.05, 4.69) is 5.32 Å². The average Bonchev–Trinajstić information content (AvgIpc) is 2.27. The molecule has 0 saturated carbocycles. The van der Waals surface area contributed by atoms with Gasteiger partial charge in [0, 0.05) is 18.6 Å². The molecule has 1 aromatic carbocycles. The Balaban J connectivity index is 2.83. The van der Waals surface area contributed by atoms with Gasteiger partial charge in [-0.15, -0.1) is 0 Å². The number of aryl methyl sites for hydroxylation is 2. The standard InChI is InChI=1S/C13H17NO4/c1-8-3-4-10(9(2)7-8)12(16)14-11(5-6-15)13(17)18/h3-4,7,11,15H,5-6H2,1-2H3,(H,14,16)(H,17,18)/t11-/m1/s1. The lowest BCUT2D eigenvalue weighted by Crippen LogP contribution is -2.41. The number of nitrogens with one attached hydrogen (secondary N) is 1. The highest BCUT2D eigenvalue weighted by Gasteiger charge is 2.20. The number of carbonyl (C=O) groups excluding carboxylic acids is 1. The molecule has 0 aliphatic carbocycles. The summed E-state index contributed by atoms with van der Waals surface area (Å²) in [6, 6.07) is 4.25. The Kier molecular flexibility index (Phi) is 4.85. The normalized spacial score (nSPS) is 11.9. The Morgan fingerprint density at radius 2 is 2.00 bits per heavy atom. The van der Waals surface area contributed by atoms with Gasteiger partial charge in [-0.1, -0.05) is 17.7 Å². The van der Waals surface area contributed by atoms with Gasteiger partial charge in [-0.25, -0.2) is 4.79 Å². The Morgan fingerprint density at radius 3 is 2.50 bits per heavy atom. The highest BCUT2D eigenvalue weighted by Crippen LogP contribution is 2.10. The minimum atomic E-state index is -1.15. The van der Waals surface area contributed by atoms with Crippen molar-refractivity contribution in [1.29, 1.82) is 0 Å². The molecule has 1 atom stereocenters. The molecule has 3 N–H and O–H groups in total. The molecule has 1 rings (SSSR count). The summed E-state index contributed by atoms with van der Waals surface area (Å²) in [4.78, 5) is 22.8. The fourth-order valence-corrected chi connectivity index (χ4v) is 1.69. The summed E-state index contributed by atoms with van der Waals surface area (Å²) in [7, 11) is 0. The number of carbonyl (C=O) groups is 2. The van der Waals surface area contributed by atoms with E-state index < -0.39 is 17.9 Å². The molecule has 98 valence electrons. The van der Waals surface area contributed by atoms with E-state index in [0.717, 1.165) is 11.1 Å². The molecule has 0 aromatic heterocycles. The third kappa shape index (κ3) is 3.56. The molecule has 18 heavy (non-hydrogen) atoms. The van der Waals surface area contributed by atoms with Crippen molar-refractivity contribution in [2.75, 3.05) is 6.61 Å². The van der Waals surface area contributed by atoms with E-state index in [1.807, 2.05) is 13.0 Å². The van der Waals surface area contributed by atoms with Crippen LogP contribution in [0.25, 0.3) is 0 Å². The highest BCUT2D eigenvalue weighted by atomic mass is 16.4. The van der Waals surface area contributed by atoms with Gasteiger partial charge in [0.15, 0.2) is 0 Å². The number of amides is 1. The van der Waals surface area contributed by atoms with Crippen LogP contribution in [-0.2, 0) is 4.79 Å². The van der Waals surface area contributed by atoms with Gasteiger partial charge in [0.05, 0.1) is 0 Å². The van der Waals surface area contributed by atoms with Gasteiger partial charge in [-0.05, 0) is 25.5 Å². The van der Waals surface area contributed by atoms with E-state index in [1.165, 1.54) is 0 Å². The Bertz CT molecular complexity index is 456. The fraction of sp³-hybridized carbons (Fsp3) is 0.385. The summed E-state index contributed by atoms with van der Waals surface area (Å²) < 4.78 is 0. The molecule has 0 saturated heterocycles. The van der Waals surface area contributed by atoms with Crippen molar-refractivity contribution in [2.24, 2.45) is 0 Å². The van der Waals surface area contributed by atoms with Crippen LogP contribution in [0.4, 0.5) is 0 Å². The summed E-state index contributed by atoms with van der Waals surface area (Å²) in [5.74, 6) is -1.59. The summed E-state index contributed by atoms with van der Waals surface area (Å²) >= 11 is 0. The maximum atomic E-state index is 11.9. The number of hydrogen-bond donors (Lipinski definition) is 3. The molecule has 0 fully saturated rings. The zero-order valence-electron chi connectivity index (χ0n) is 10.4. The first-order chi connectivity index (χ1) is 8.45. The van der Waals surface area contributed by atoms with Gasteiger partial charge in [-0.3, -0.25) is 4.79 Å². The number of benzene rings is 1. The van der Waals surface area contributed by atoms with E-state index in [1.54, 1.807) is 19.1 Å². The Labute approximate surface area is 105 Å². The monoisotopic (exact) mass is 251 g/mol. The minimum Gasteiger partial charge on any atom is -0.480 e. The zero-order valence-corrected chi connectivity index (χ0v) is 10.4. The van der Waals surface area contributed by atoms with Crippen LogP contribution in [-0.4, -0.2) is 34.7 Å². The van der Waals surface area contributed by atoms with Crippen LogP contribution in [0, 0.1) is 13.8 Å². The highest BCUT2D eigenvalue weighted by molar-refractivity contribution is 5.97. The maximum absolute atomic E-state index is 11.9. The SMILES string of the molecule is Cc1ccc(C(=O)N[C@H](CCO)C(=O)O)c(C)c1. The first-order valence-corrected chi connectivity index (χ1v) is 5.67. The predicted octanol–water partition coefficient (Wildman–Crippen LogP) is 0.869. The topological polar surface area (TPSA) is 86.6 Å². The summed E-state index contributed by atoms with van der Waals surface area (Å²) in [5, 5.41) is 20.0. The van der Waals surface area contributed by atoms with Crippen LogP contribution in [0.3, 0.4) is 0 Å². The number of carboxylic acids is 1. The zero-order chi connectivity index (χ0) is 13.7. The molecule has 0 aliphatic heterocycles. The van der Waals surface area contributed by atoms with E-state index in [-0.39, 0.29) is 13.0 Å².